The number of methoxy groups -OCH3 is 2. The van der Waals surface area contributed by atoms with Gasteiger partial charge in [0.15, 0.2) is 0 Å². The van der Waals surface area contributed by atoms with E-state index in [2.05, 4.69) is 54.8 Å². The summed E-state index contributed by atoms with van der Waals surface area (Å²) in [6.07, 6.45) is 5.61. The van der Waals surface area contributed by atoms with E-state index < -0.39 is 24.3 Å². The maximum Gasteiger partial charge on any atom is 0.407 e. The summed E-state index contributed by atoms with van der Waals surface area (Å²) in [6, 6.07) is 14.7. The average Bonchev–Trinajstić information content (AvgIpc) is 4.02. The fourth-order valence-corrected chi connectivity index (χ4v) is 7.38. The number of carbonyl (C=O) groups is 4. The van der Waals surface area contributed by atoms with E-state index in [0.717, 1.165) is 71.0 Å². The lowest BCUT2D eigenvalue weighted by molar-refractivity contribution is -0.136. The van der Waals surface area contributed by atoms with Gasteiger partial charge in [-0.2, -0.15) is 0 Å². The van der Waals surface area contributed by atoms with Gasteiger partial charge in [0, 0.05) is 13.1 Å². The Labute approximate surface area is 315 Å². The molecule has 14 heteroatoms. The molecule has 0 saturated carbocycles. The average molecular weight is 739 g/mol. The molecule has 2 aromatic carbocycles. The number of imidazole rings is 2. The summed E-state index contributed by atoms with van der Waals surface area (Å²) >= 11 is 0. The number of rotatable bonds is 11. The summed E-state index contributed by atoms with van der Waals surface area (Å²) < 4.78 is 9.50. The van der Waals surface area contributed by atoms with E-state index in [-0.39, 0.29) is 35.7 Å². The van der Waals surface area contributed by atoms with Crippen LogP contribution in [0.25, 0.3) is 33.6 Å². The second kappa shape index (κ2) is 16.6. The highest BCUT2D eigenvalue weighted by atomic mass is 16.5. The van der Waals surface area contributed by atoms with Crippen LogP contribution in [0.1, 0.15) is 77.1 Å². The van der Waals surface area contributed by atoms with Crippen molar-refractivity contribution in [1.29, 1.82) is 0 Å². The van der Waals surface area contributed by atoms with E-state index in [9.17, 15) is 19.2 Å². The number of aromatic amines is 2. The van der Waals surface area contributed by atoms with Crippen LogP contribution in [0, 0.1) is 11.8 Å². The number of amides is 4. The molecular weight excluding hydrogens is 688 g/mol. The van der Waals surface area contributed by atoms with Crippen LogP contribution in [0.15, 0.2) is 60.9 Å². The van der Waals surface area contributed by atoms with Gasteiger partial charge in [0.1, 0.15) is 23.7 Å². The monoisotopic (exact) mass is 738 g/mol. The molecule has 0 aliphatic carbocycles. The Hall–Kier alpha value is -5.66. The standard InChI is InChI=1S/C40H50N8O6/c1-23(2)33(45-39(51)53-5)37(49)47-19-7-9-31(47)35-41-21-29(43-35)27-15-11-25(12-16-27)26-13-17-28(18-14-26)30-22-42-36(44-30)32-10-8-20-48(32)38(50)34(24(3)4)46-40(52)54-6/h11-18,21-24,31-34H,7-10,19-20H2,1-6H3,(H,41,43)(H,42,44)(H,45,51)(H,46,52)/t31-,32?,33+,34-/m0/s1. The van der Waals surface area contributed by atoms with Crippen LogP contribution in [0.3, 0.4) is 0 Å². The van der Waals surface area contributed by atoms with Gasteiger partial charge >= 0.3 is 12.2 Å². The van der Waals surface area contributed by atoms with Gasteiger partial charge in [-0.05, 0) is 59.8 Å². The first-order chi connectivity index (χ1) is 26.0. The Bertz CT molecular complexity index is 1800. The number of hydrogen-bond acceptors (Lipinski definition) is 8. The number of carbonyl (C=O) groups excluding carboxylic acids is 4. The zero-order valence-electron chi connectivity index (χ0n) is 31.7. The van der Waals surface area contributed by atoms with Crippen molar-refractivity contribution >= 4 is 24.0 Å². The SMILES string of the molecule is COC(=O)N[C@H](C(=O)N1CCCC1c1ncc(-c2ccc(-c3ccc(-c4cnc([C@@H]5CCCN5C(=O)[C@H](NC(=O)OC)C(C)C)[nH]4)cc3)cc2)[nH]1)C(C)C. The molecule has 6 rings (SSSR count). The van der Waals surface area contributed by atoms with Crippen LogP contribution in [-0.2, 0) is 19.1 Å². The molecule has 286 valence electrons. The van der Waals surface area contributed by atoms with Crippen molar-refractivity contribution in [2.24, 2.45) is 11.8 Å². The first kappa shape index (κ1) is 38.1. The van der Waals surface area contributed by atoms with Crippen molar-refractivity contribution in [3.8, 4) is 33.6 Å². The topological polar surface area (TPSA) is 175 Å². The Balaban J connectivity index is 1.11. The number of likely N-dealkylation sites (tertiary alicyclic amines) is 2. The molecule has 0 spiro atoms. The van der Waals surface area contributed by atoms with Crippen LogP contribution < -0.4 is 10.6 Å². The van der Waals surface area contributed by atoms with Crippen LogP contribution in [-0.4, -0.2) is 93.1 Å². The second-order valence-electron chi connectivity index (χ2n) is 14.6. The Morgan fingerprint density at radius 2 is 0.981 bits per heavy atom. The third-order valence-electron chi connectivity index (χ3n) is 10.4. The Morgan fingerprint density at radius 1 is 0.630 bits per heavy atom. The minimum absolute atomic E-state index is 0.104. The molecule has 2 fully saturated rings. The van der Waals surface area contributed by atoms with E-state index in [4.69, 9.17) is 9.47 Å². The molecule has 2 aliphatic heterocycles. The predicted molar refractivity (Wildman–Crippen MR) is 203 cm³/mol. The molecule has 4 amide bonds. The van der Waals surface area contributed by atoms with E-state index in [1.165, 1.54) is 14.2 Å². The zero-order chi connectivity index (χ0) is 38.5. The van der Waals surface area contributed by atoms with Crippen molar-refractivity contribution in [3.63, 3.8) is 0 Å². The first-order valence-electron chi connectivity index (χ1n) is 18.6. The summed E-state index contributed by atoms with van der Waals surface area (Å²) in [7, 11) is 2.58. The number of hydrogen-bond donors (Lipinski definition) is 4. The molecule has 4 atom stereocenters. The fourth-order valence-electron chi connectivity index (χ4n) is 7.38. The van der Waals surface area contributed by atoms with Gasteiger partial charge in [-0.25, -0.2) is 19.6 Å². The first-order valence-corrected chi connectivity index (χ1v) is 18.6. The summed E-state index contributed by atoms with van der Waals surface area (Å²) in [4.78, 5) is 70.7. The smallest absolute Gasteiger partial charge is 0.407 e. The minimum Gasteiger partial charge on any atom is -0.453 e. The zero-order valence-corrected chi connectivity index (χ0v) is 31.7. The van der Waals surface area contributed by atoms with Crippen molar-refractivity contribution < 1.29 is 28.7 Å². The summed E-state index contributed by atoms with van der Waals surface area (Å²) in [5, 5.41) is 5.38. The molecule has 0 bridgehead atoms. The van der Waals surface area contributed by atoms with Gasteiger partial charge in [-0.1, -0.05) is 76.2 Å². The molecule has 1 unspecified atom stereocenters. The third-order valence-corrected chi connectivity index (χ3v) is 10.4. The predicted octanol–water partition coefficient (Wildman–Crippen LogP) is 6.22. The lowest BCUT2D eigenvalue weighted by atomic mass is 10.0. The van der Waals surface area contributed by atoms with Gasteiger partial charge in [-0.15, -0.1) is 0 Å². The van der Waals surface area contributed by atoms with Crippen LogP contribution in [0.4, 0.5) is 9.59 Å². The van der Waals surface area contributed by atoms with E-state index in [1.807, 2.05) is 52.0 Å². The molecule has 4 heterocycles. The number of H-pyrrole nitrogens is 2. The van der Waals surface area contributed by atoms with Crippen molar-refractivity contribution in [2.45, 2.75) is 77.5 Å². The number of alkyl carbamates (subject to hydrolysis) is 2. The number of aromatic nitrogens is 4. The number of nitrogens with one attached hydrogen (secondary N) is 4. The third kappa shape index (κ3) is 8.12. The Kier molecular flexibility index (Phi) is 11.7. The van der Waals surface area contributed by atoms with Crippen molar-refractivity contribution in [2.75, 3.05) is 27.3 Å². The van der Waals surface area contributed by atoms with Crippen LogP contribution in [0.5, 0.6) is 0 Å². The van der Waals surface area contributed by atoms with Crippen LogP contribution in [0.2, 0.25) is 0 Å². The lowest BCUT2D eigenvalue weighted by Gasteiger charge is -2.30. The Morgan fingerprint density at radius 3 is 1.31 bits per heavy atom. The highest BCUT2D eigenvalue weighted by Crippen LogP contribution is 2.35. The molecule has 0 radical (unpaired) electrons. The summed E-state index contributed by atoms with van der Waals surface area (Å²) in [5.74, 6) is 0.955. The molecule has 4 N–H and O–H groups in total. The summed E-state index contributed by atoms with van der Waals surface area (Å²) in [6.45, 7) is 8.78. The van der Waals surface area contributed by atoms with E-state index >= 15 is 0 Å². The number of nitrogens with zero attached hydrogens (tertiary/aromatic N) is 4. The lowest BCUT2D eigenvalue weighted by Crippen LogP contribution is -2.51. The van der Waals surface area contributed by atoms with E-state index in [1.54, 1.807) is 22.2 Å². The van der Waals surface area contributed by atoms with Crippen LogP contribution >= 0.6 is 0 Å². The molecule has 14 nitrogen and oxygen atoms in total. The largest absolute Gasteiger partial charge is 0.453 e. The maximum atomic E-state index is 13.5. The van der Waals surface area contributed by atoms with Crippen molar-refractivity contribution in [1.82, 2.24) is 40.4 Å². The molecule has 2 aliphatic rings. The number of benzene rings is 2. The second-order valence-corrected chi connectivity index (χ2v) is 14.6. The molecule has 54 heavy (non-hydrogen) atoms. The highest BCUT2D eigenvalue weighted by Gasteiger charge is 2.39. The quantitative estimate of drug-likeness (QED) is 0.140. The highest BCUT2D eigenvalue weighted by molar-refractivity contribution is 5.87. The van der Waals surface area contributed by atoms with Gasteiger partial charge in [-0.3, -0.25) is 9.59 Å². The number of ether oxygens (including phenoxy) is 2. The normalized spacial score (nSPS) is 18.1. The molecule has 2 aromatic heterocycles. The molecular formula is C40H50N8O6. The molecule has 2 saturated heterocycles. The van der Waals surface area contributed by atoms with Gasteiger partial charge in [0.25, 0.3) is 0 Å². The molecule has 4 aromatic rings. The van der Waals surface area contributed by atoms with E-state index in [0.29, 0.717) is 13.1 Å². The van der Waals surface area contributed by atoms with Gasteiger partial charge < -0.3 is 39.9 Å². The van der Waals surface area contributed by atoms with Gasteiger partial charge in [0.2, 0.25) is 11.8 Å². The maximum absolute atomic E-state index is 13.5. The fraction of sp³-hybridized carbons (Fsp3) is 0.450. The minimum atomic E-state index is -0.687. The summed E-state index contributed by atoms with van der Waals surface area (Å²) in [5.41, 5.74) is 5.78. The van der Waals surface area contributed by atoms with Gasteiger partial charge in [0.05, 0.1) is 50.1 Å². The van der Waals surface area contributed by atoms with Crippen molar-refractivity contribution in [3.05, 3.63) is 72.6 Å².